The van der Waals surface area contributed by atoms with Gasteiger partial charge < -0.3 is 14.0 Å². The number of furan rings is 1. The Balaban J connectivity index is 0.000000248. The number of aromatic nitrogens is 4. The molecule has 57 heavy (non-hydrogen) atoms. The molecule has 4 aromatic heterocycles. The number of fused-ring (bicyclic) bond motifs is 2. The van der Waals surface area contributed by atoms with Crippen LogP contribution in [0.25, 0.3) is 72.6 Å². The molecule has 277 valence electrons. The molecule has 6 heteroatoms. The molecule has 4 heterocycles. The second kappa shape index (κ2) is 17.0. The molecular weight excluding hydrogens is 877 g/mol. The van der Waals surface area contributed by atoms with Gasteiger partial charge in [-0.2, -0.15) is 0 Å². The zero-order chi connectivity index (χ0) is 40.2. The molecule has 0 amide bonds. The van der Waals surface area contributed by atoms with Crippen LogP contribution in [0.4, 0.5) is 0 Å². The molecule has 0 aliphatic heterocycles. The molecule has 6 aromatic carbocycles. The Morgan fingerprint density at radius 3 is 2.11 bits per heavy atom. The van der Waals surface area contributed by atoms with Crippen LogP contribution in [0.1, 0.15) is 20.9 Å². The van der Waals surface area contributed by atoms with Crippen molar-refractivity contribution in [2.75, 3.05) is 0 Å². The Bertz CT molecular complexity index is 2930. The maximum atomic E-state index is 7.23. The summed E-state index contributed by atoms with van der Waals surface area (Å²) in [5.41, 5.74) is 13.1. The van der Waals surface area contributed by atoms with Crippen LogP contribution in [-0.4, -0.2) is 19.5 Å². The third-order valence-corrected chi connectivity index (χ3v) is 9.65. The Hall–Kier alpha value is -6.72. The number of aryl methyl sites for hydroxylation is 1. The number of nitrogens with zero attached hydrogens (tertiary/aromatic N) is 4. The summed E-state index contributed by atoms with van der Waals surface area (Å²) >= 11 is 0. The second-order valence-corrected chi connectivity index (χ2v) is 13.3. The largest absolute Gasteiger partial charge is 0.557 e. The molecule has 10 rings (SSSR count). The minimum Gasteiger partial charge on any atom is -0.557 e. The number of hydrogen-bond acceptors (Lipinski definition) is 4. The van der Waals surface area contributed by atoms with Gasteiger partial charge >= 0.3 is 0 Å². The van der Waals surface area contributed by atoms with E-state index in [1.54, 1.807) is 18.2 Å². The van der Waals surface area contributed by atoms with Gasteiger partial charge in [0.2, 0.25) is 0 Å². The van der Waals surface area contributed by atoms with Crippen molar-refractivity contribution < 1.29 is 28.6 Å². The molecule has 1 radical (unpaired) electrons. The van der Waals surface area contributed by atoms with E-state index in [9.17, 15) is 0 Å². The van der Waals surface area contributed by atoms with Gasteiger partial charge in [0.25, 0.3) is 0 Å². The van der Waals surface area contributed by atoms with Gasteiger partial charge in [-0.05, 0) is 53.5 Å². The molecule has 0 atom stereocenters. The first-order valence-electron chi connectivity index (χ1n) is 19.9. The summed E-state index contributed by atoms with van der Waals surface area (Å²) in [7, 11) is 0. The molecule has 10 aromatic rings. The molecule has 0 bridgehead atoms. The van der Waals surface area contributed by atoms with Crippen molar-refractivity contribution in [1.29, 1.82) is 0 Å². The average Bonchev–Trinajstić information content (AvgIpc) is 3.88. The maximum absolute atomic E-state index is 7.23. The van der Waals surface area contributed by atoms with Crippen LogP contribution in [0.3, 0.4) is 0 Å². The summed E-state index contributed by atoms with van der Waals surface area (Å²) in [6.45, 7) is -2.09. The number of para-hydroxylation sites is 3. The Labute approximate surface area is 349 Å². The van der Waals surface area contributed by atoms with Gasteiger partial charge in [-0.3, -0.25) is 9.97 Å². The standard InChI is InChI=1S/C39H26N3O.C12H10N.Ir/c1-3-12-28(13-4-1)31-17-11-18-32(29-14-5-2-6-15-29)38(31)42-36-20-8-7-19-35(36)41-39(42)34-26-43-37-22-21-27(25-33(34)37)24-30-16-9-10-23-40-30;1-10-7-8-12(13-9-10)11-5-3-2-4-6-11;/h1-23,25H,24H2;2-5,7-9H,1H3;/q2*-1;/i;1D3;. The predicted molar refractivity (Wildman–Crippen MR) is 226 cm³/mol. The first-order chi connectivity index (χ1) is 28.9. The summed E-state index contributed by atoms with van der Waals surface area (Å²) in [5.74, 6) is 0.787. The quantitative estimate of drug-likeness (QED) is 0.150. The van der Waals surface area contributed by atoms with Crippen molar-refractivity contribution in [2.45, 2.75) is 13.3 Å². The topological polar surface area (TPSA) is 56.7 Å². The van der Waals surface area contributed by atoms with Gasteiger partial charge in [0, 0.05) is 71.7 Å². The van der Waals surface area contributed by atoms with Crippen LogP contribution < -0.4 is 0 Å². The van der Waals surface area contributed by atoms with E-state index in [1.165, 1.54) is 6.20 Å². The van der Waals surface area contributed by atoms with Gasteiger partial charge in [0.1, 0.15) is 0 Å². The Morgan fingerprint density at radius 2 is 1.42 bits per heavy atom. The SMILES string of the molecule is [2H]C([2H])([2H])c1ccc(-c2[c-]cccc2)nc1.[Ir].[c-]1oc2ccc(Cc3ccccn3)cc2c1-c1nc2ccccc2n1-c1c(-c2ccccc2)cccc1-c1ccccc1. The van der Waals surface area contributed by atoms with E-state index in [0.717, 1.165) is 90.3 Å². The van der Waals surface area contributed by atoms with E-state index in [4.69, 9.17) is 13.5 Å². The molecule has 0 fully saturated rings. The van der Waals surface area contributed by atoms with Gasteiger partial charge in [-0.25, -0.2) is 0 Å². The summed E-state index contributed by atoms with van der Waals surface area (Å²) in [5, 5.41) is 0.975. The van der Waals surface area contributed by atoms with Gasteiger partial charge in [-0.15, -0.1) is 35.9 Å². The molecule has 0 aliphatic rings. The van der Waals surface area contributed by atoms with Crippen LogP contribution >= 0.6 is 0 Å². The molecule has 0 saturated carbocycles. The number of rotatable bonds is 7. The van der Waals surface area contributed by atoms with E-state index in [2.05, 4.69) is 142 Å². The first kappa shape index (κ1) is 33.6. The van der Waals surface area contributed by atoms with Crippen molar-refractivity contribution in [3.63, 3.8) is 0 Å². The van der Waals surface area contributed by atoms with Crippen LogP contribution in [0.5, 0.6) is 0 Å². The molecule has 0 saturated heterocycles. The smallest absolute Gasteiger partial charge is 0.0774 e. The maximum Gasteiger partial charge on any atom is 0.0774 e. The van der Waals surface area contributed by atoms with Crippen LogP contribution in [-0.2, 0) is 26.5 Å². The zero-order valence-corrected chi connectivity index (χ0v) is 33.0. The van der Waals surface area contributed by atoms with Crippen molar-refractivity contribution in [1.82, 2.24) is 19.5 Å². The third-order valence-electron chi connectivity index (χ3n) is 9.65. The summed E-state index contributed by atoms with van der Waals surface area (Å²) < 4.78 is 30.0. The van der Waals surface area contributed by atoms with Crippen molar-refractivity contribution in [2.24, 2.45) is 0 Å². The van der Waals surface area contributed by atoms with Crippen molar-refractivity contribution in [3.05, 3.63) is 217 Å². The first-order valence-corrected chi connectivity index (χ1v) is 18.4. The summed E-state index contributed by atoms with van der Waals surface area (Å²) in [6, 6.07) is 62.0. The number of pyridine rings is 2. The average molecular weight is 916 g/mol. The van der Waals surface area contributed by atoms with Gasteiger partial charge in [-0.1, -0.05) is 144 Å². The fraction of sp³-hybridized carbons (Fsp3) is 0.0392. The van der Waals surface area contributed by atoms with Gasteiger partial charge in [0.15, 0.2) is 0 Å². The fourth-order valence-electron chi connectivity index (χ4n) is 7.02. The Morgan fingerprint density at radius 1 is 0.684 bits per heavy atom. The third kappa shape index (κ3) is 7.87. The van der Waals surface area contributed by atoms with Crippen LogP contribution in [0.2, 0.25) is 0 Å². The van der Waals surface area contributed by atoms with E-state index in [0.29, 0.717) is 0 Å². The van der Waals surface area contributed by atoms with Crippen molar-refractivity contribution in [3.8, 4) is 50.6 Å². The normalized spacial score (nSPS) is 11.8. The van der Waals surface area contributed by atoms with E-state index in [-0.39, 0.29) is 25.7 Å². The van der Waals surface area contributed by atoms with E-state index in [1.807, 2.05) is 48.7 Å². The molecule has 5 nitrogen and oxygen atoms in total. The molecule has 0 N–H and O–H groups in total. The number of benzene rings is 6. The molecule has 0 aliphatic carbocycles. The fourth-order valence-corrected chi connectivity index (χ4v) is 7.02. The number of hydrogen-bond donors (Lipinski definition) is 0. The van der Waals surface area contributed by atoms with Crippen molar-refractivity contribution >= 4 is 22.0 Å². The monoisotopic (exact) mass is 916 g/mol. The zero-order valence-electron chi connectivity index (χ0n) is 33.6. The minimum absolute atomic E-state index is 0. The Kier molecular flexibility index (Phi) is 10.0. The number of imidazole rings is 1. The second-order valence-electron chi connectivity index (χ2n) is 13.3. The molecular formula is C51H36IrN4O-2. The van der Waals surface area contributed by atoms with E-state index < -0.39 is 6.85 Å². The summed E-state index contributed by atoms with van der Waals surface area (Å²) in [4.78, 5) is 13.9. The molecule has 0 spiro atoms. The van der Waals surface area contributed by atoms with E-state index >= 15 is 0 Å². The predicted octanol–water partition coefficient (Wildman–Crippen LogP) is 12.4. The summed E-state index contributed by atoms with van der Waals surface area (Å²) in [6.07, 6.45) is 7.19. The molecule has 0 unspecified atom stereocenters. The van der Waals surface area contributed by atoms with Gasteiger partial charge in [0.05, 0.1) is 22.5 Å². The van der Waals surface area contributed by atoms with Crippen LogP contribution in [0, 0.1) is 19.2 Å². The minimum atomic E-state index is -2.09. The van der Waals surface area contributed by atoms with Crippen LogP contribution in [0.15, 0.2) is 193 Å².